The number of hydrogen-bond donors (Lipinski definition) is 2. The summed E-state index contributed by atoms with van der Waals surface area (Å²) >= 11 is 6.10. The van der Waals surface area contributed by atoms with E-state index in [0.717, 1.165) is 35.2 Å². The van der Waals surface area contributed by atoms with Gasteiger partial charge in [-0.05, 0) is 38.0 Å². The van der Waals surface area contributed by atoms with Gasteiger partial charge in [0.15, 0.2) is 11.8 Å². The number of guanidine groups is 1. The minimum atomic E-state index is 0. The van der Waals surface area contributed by atoms with Crippen molar-refractivity contribution < 1.29 is 4.74 Å². The van der Waals surface area contributed by atoms with Gasteiger partial charge in [0.1, 0.15) is 12.4 Å². The van der Waals surface area contributed by atoms with Gasteiger partial charge in [0.2, 0.25) is 0 Å². The van der Waals surface area contributed by atoms with E-state index in [-0.39, 0.29) is 30.0 Å². The van der Waals surface area contributed by atoms with Gasteiger partial charge < -0.3 is 19.9 Å². The number of methoxy groups -OCH3 is 1. The maximum Gasteiger partial charge on any atom is 0.192 e. The van der Waals surface area contributed by atoms with Crippen LogP contribution in [0.5, 0.6) is 0 Å². The predicted octanol–water partition coefficient (Wildman–Crippen LogP) is 3.23. The van der Waals surface area contributed by atoms with Crippen LogP contribution in [0.15, 0.2) is 29.3 Å². The summed E-state index contributed by atoms with van der Waals surface area (Å²) in [6.45, 7) is 5.90. The zero-order valence-corrected chi connectivity index (χ0v) is 19.3. The number of nitrogens with one attached hydrogen (secondary N) is 2. The molecule has 0 fully saturated rings. The zero-order chi connectivity index (χ0) is 18.9. The van der Waals surface area contributed by atoms with Crippen LogP contribution in [-0.2, 0) is 18.3 Å². The van der Waals surface area contributed by atoms with Gasteiger partial charge in [-0.1, -0.05) is 23.7 Å². The van der Waals surface area contributed by atoms with Crippen LogP contribution in [0.25, 0.3) is 0 Å². The molecule has 9 heteroatoms. The Morgan fingerprint density at radius 2 is 2.15 bits per heavy atom. The Hall–Kier alpha value is -1.39. The van der Waals surface area contributed by atoms with Gasteiger partial charge in [0, 0.05) is 32.3 Å². The van der Waals surface area contributed by atoms with Crippen molar-refractivity contribution in [2.45, 2.75) is 32.9 Å². The third-order valence-electron chi connectivity index (χ3n) is 4.08. The molecule has 0 bridgehead atoms. The van der Waals surface area contributed by atoms with Crippen LogP contribution >= 0.6 is 35.6 Å². The van der Waals surface area contributed by atoms with E-state index in [0.29, 0.717) is 19.1 Å². The molecule has 7 nitrogen and oxygen atoms in total. The van der Waals surface area contributed by atoms with E-state index >= 15 is 0 Å². The number of benzene rings is 1. The summed E-state index contributed by atoms with van der Waals surface area (Å²) in [6, 6.07) is 7.86. The Kier molecular flexibility index (Phi) is 10.6. The first kappa shape index (κ1) is 23.6. The van der Waals surface area contributed by atoms with Gasteiger partial charge >= 0.3 is 0 Å². The summed E-state index contributed by atoms with van der Waals surface area (Å²) in [5, 5.41) is 15.7. The van der Waals surface area contributed by atoms with Crippen molar-refractivity contribution >= 4 is 41.5 Å². The van der Waals surface area contributed by atoms with Crippen molar-refractivity contribution in [1.82, 2.24) is 25.4 Å². The molecule has 1 aromatic heterocycles. The Morgan fingerprint density at radius 3 is 2.78 bits per heavy atom. The Morgan fingerprint density at radius 1 is 1.37 bits per heavy atom. The van der Waals surface area contributed by atoms with Crippen LogP contribution in [0, 0.1) is 6.92 Å². The third-order valence-corrected chi connectivity index (χ3v) is 4.32. The smallest absolute Gasteiger partial charge is 0.192 e. The lowest BCUT2D eigenvalue weighted by molar-refractivity contribution is 0.195. The molecule has 150 valence electrons. The summed E-state index contributed by atoms with van der Waals surface area (Å²) in [6.07, 6.45) is 0.895. The molecule has 27 heavy (non-hydrogen) atoms. The number of ether oxygens (including phenoxy) is 1. The highest BCUT2D eigenvalue weighted by atomic mass is 127. The molecule has 2 aromatic rings. The number of hydrogen-bond acceptors (Lipinski definition) is 4. The number of nitrogens with zero attached hydrogens (tertiary/aromatic N) is 4. The first-order valence-corrected chi connectivity index (χ1v) is 9.03. The monoisotopic (exact) mass is 506 g/mol. The van der Waals surface area contributed by atoms with Crippen molar-refractivity contribution in [3.8, 4) is 0 Å². The van der Waals surface area contributed by atoms with Gasteiger partial charge in [-0.25, -0.2) is 4.99 Å². The zero-order valence-electron chi connectivity index (χ0n) is 16.2. The standard InChI is InChI=1S/C18H27ClN6O.HI/c1-13(15-7-5-8-16(19)11-15)22-18(20-9-6-10-26-4)21-12-17-24-23-14(2)25(17)3;/h5,7-8,11,13H,6,9-10,12H2,1-4H3,(H2,20,21,22);1H. The molecular weight excluding hydrogens is 479 g/mol. The molecule has 0 saturated heterocycles. The highest BCUT2D eigenvalue weighted by molar-refractivity contribution is 14.0. The van der Waals surface area contributed by atoms with Crippen LogP contribution in [0.4, 0.5) is 0 Å². The Bertz CT molecular complexity index is 736. The number of rotatable bonds is 8. The fourth-order valence-electron chi connectivity index (χ4n) is 2.38. The van der Waals surface area contributed by atoms with Crippen molar-refractivity contribution in [1.29, 1.82) is 0 Å². The van der Waals surface area contributed by atoms with Crippen molar-refractivity contribution in [2.75, 3.05) is 20.3 Å². The Labute approximate surface area is 183 Å². The average Bonchev–Trinajstić information content (AvgIpc) is 2.95. The highest BCUT2D eigenvalue weighted by Gasteiger charge is 2.10. The maximum absolute atomic E-state index is 6.10. The van der Waals surface area contributed by atoms with Crippen LogP contribution < -0.4 is 10.6 Å². The summed E-state index contributed by atoms with van der Waals surface area (Å²) in [5.74, 6) is 2.40. The largest absolute Gasteiger partial charge is 0.385 e. The minimum absolute atomic E-state index is 0. The lowest BCUT2D eigenvalue weighted by atomic mass is 10.1. The second-order valence-electron chi connectivity index (χ2n) is 6.08. The number of aliphatic imine (C=N–C) groups is 1. The molecule has 0 aliphatic heterocycles. The van der Waals surface area contributed by atoms with E-state index in [9.17, 15) is 0 Å². The lowest BCUT2D eigenvalue weighted by Crippen LogP contribution is -2.39. The second kappa shape index (κ2) is 12.1. The van der Waals surface area contributed by atoms with Crippen molar-refractivity contribution in [3.05, 3.63) is 46.5 Å². The van der Waals surface area contributed by atoms with E-state index in [4.69, 9.17) is 16.3 Å². The fourth-order valence-corrected chi connectivity index (χ4v) is 2.58. The summed E-state index contributed by atoms with van der Waals surface area (Å²) < 4.78 is 7.04. The van der Waals surface area contributed by atoms with Crippen LogP contribution in [0.2, 0.25) is 5.02 Å². The van der Waals surface area contributed by atoms with E-state index in [2.05, 4.69) is 32.7 Å². The summed E-state index contributed by atoms with van der Waals surface area (Å²) in [5.41, 5.74) is 1.10. The molecule has 0 aliphatic rings. The molecular formula is C18H28ClIN6O. The van der Waals surface area contributed by atoms with Gasteiger partial charge in [0.05, 0.1) is 6.04 Å². The van der Waals surface area contributed by atoms with Crippen LogP contribution in [-0.4, -0.2) is 41.0 Å². The molecule has 2 N–H and O–H groups in total. The first-order valence-electron chi connectivity index (χ1n) is 8.65. The van der Waals surface area contributed by atoms with Gasteiger partial charge in [-0.2, -0.15) is 0 Å². The molecule has 0 amide bonds. The van der Waals surface area contributed by atoms with Gasteiger partial charge in [-0.15, -0.1) is 34.2 Å². The predicted molar refractivity (Wildman–Crippen MR) is 120 cm³/mol. The fraction of sp³-hybridized carbons (Fsp3) is 0.500. The van der Waals surface area contributed by atoms with Crippen molar-refractivity contribution in [2.24, 2.45) is 12.0 Å². The van der Waals surface area contributed by atoms with Crippen LogP contribution in [0.3, 0.4) is 0 Å². The van der Waals surface area contributed by atoms with E-state index in [1.165, 1.54) is 0 Å². The van der Waals surface area contributed by atoms with Crippen LogP contribution in [0.1, 0.15) is 36.6 Å². The number of aryl methyl sites for hydroxylation is 1. The molecule has 1 unspecified atom stereocenters. The third kappa shape index (κ3) is 7.63. The number of aromatic nitrogens is 3. The van der Waals surface area contributed by atoms with E-state index in [1.54, 1.807) is 7.11 Å². The molecule has 2 rings (SSSR count). The molecule has 1 atom stereocenters. The SMILES string of the molecule is COCCCNC(=NCc1nnc(C)n1C)NC(C)c1cccc(Cl)c1.I. The summed E-state index contributed by atoms with van der Waals surface area (Å²) in [4.78, 5) is 4.65. The van der Waals surface area contributed by atoms with Gasteiger partial charge in [-0.3, -0.25) is 0 Å². The molecule has 1 heterocycles. The summed E-state index contributed by atoms with van der Waals surface area (Å²) in [7, 11) is 3.64. The normalized spacial score (nSPS) is 12.4. The average molecular weight is 507 g/mol. The van der Waals surface area contributed by atoms with E-state index in [1.807, 2.05) is 42.8 Å². The topological polar surface area (TPSA) is 76.4 Å². The molecule has 0 aliphatic carbocycles. The quantitative estimate of drug-likeness (QED) is 0.249. The van der Waals surface area contributed by atoms with Gasteiger partial charge in [0.25, 0.3) is 0 Å². The molecule has 0 saturated carbocycles. The lowest BCUT2D eigenvalue weighted by Gasteiger charge is -2.19. The Balaban J connectivity index is 0.00000364. The minimum Gasteiger partial charge on any atom is -0.385 e. The second-order valence-corrected chi connectivity index (χ2v) is 6.52. The molecule has 0 spiro atoms. The maximum atomic E-state index is 6.10. The molecule has 0 radical (unpaired) electrons. The number of halogens is 2. The van der Waals surface area contributed by atoms with Crippen molar-refractivity contribution in [3.63, 3.8) is 0 Å². The molecule has 1 aromatic carbocycles. The van der Waals surface area contributed by atoms with E-state index < -0.39 is 0 Å². The highest BCUT2D eigenvalue weighted by Crippen LogP contribution is 2.17. The first-order chi connectivity index (χ1) is 12.5.